The van der Waals surface area contributed by atoms with Gasteiger partial charge in [0.15, 0.2) is 0 Å². The SMILES string of the molecule is CC1SC(=[Se])N(c2ccccc2N2C(=[Se])SCC2C)C1C. The Balaban J connectivity index is 2.04. The predicted octanol–water partition coefficient (Wildman–Crippen LogP) is 2.47. The summed E-state index contributed by atoms with van der Waals surface area (Å²) in [6.07, 6.45) is 0. The molecule has 3 unspecified atom stereocenters. The molecule has 0 radical (unpaired) electrons. The number of benzene rings is 1. The first-order chi connectivity index (χ1) is 10.0. The molecule has 0 amide bonds. The van der Waals surface area contributed by atoms with Crippen LogP contribution in [0.3, 0.4) is 0 Å². The van der Waals surface area contributed by atoms with E-state index < -0.39 is 0 Å². The van der Waals surface area contributed by atoms with Crippen LogP contribution in [0.15, 0.2) is 24.3 Å². The summed E-state index contributed by atoms with van der Waals surface area (Å²) < 4.78 is 2.56. The summed E-state index contributed by atoms with van der Waals surface area (Å²) >= 11 is 10.3. The number of hydrogen-bond donors (Lipinski definition) is 0. The summed E-state index contributed by atoms with van der Waals surface area (Å²) in [5.41, 5.74) is 2.61. The Hall–Kier alpha value is 0.299. The second kappa shape index (κ2) is 6.43. The van der Waals surface area contributed by atoms with Gasteiger partial charge >= 0.3 is 152 Å². The molecule has 0 aromatic heterocycles. The van der Waals surface area contributed by atoms with Gasteiger partial charge in [-0.15, -0.1) is 0 Å². The molecule has 21 heavy (non-hydrogen) atoms. The van der Waals surface area contributed by atoms with Crippen molar-refractivity contribution in [3.63, 3.8) is 0 Å². The molecule has 2 fully saturated rings. The third-order valence-electron chi connectivity index (χ3n) is 4.06. The first kappa shape index (κ1) is 16.2. The van der Waals surface area contributed by atoms with Crippen molar-refractivity contribution in [3.8, 4) is 0 Å². The van der Waals surface area contributed by atoms with E-state index in [1.165, 1.54) is 19.1 Å². The van der Waals surface area contributed by atoms with Gasteiger partial charge in [-0.1, -0.05) is 0 Å². The van der Waals surface area contributed by atoms with Gasteiger partial charge in [-0.05, 0) is 0 Å². The fourth-order valence-electron chi connectivity index (χ4n) is 2.73. The molecule has 3 rings (SSSR count). The van der Waals surface area contributed by atoms with Crippen molar-refractivity contribution in [2.45, 2.75) is 38.1 Å². The van der Waals surface area contributed by atoms with E-state index in [1.54, 1.807) is 0 Å². The number of thioether (sulfide) groups is 2. The predicted molar refractivity (Wildman–Crippen MR) is 101 cm³/mol. The minimum atomic E-state index is 0.502. The van der Waals surface area contributed by atoms with Crippen LogP contribution < -0.4 is 9.80 Å². The maximum absolute atomic E-state index is 3.26. The monoisotopic (exact) mass is 450 g/mol. The van der Waals surface area contributed by atoms with Gasteiger partial charge in [0.25, 0.3) is 0 Å². The Kier molecular flexibility index (Phi) is 4.95. The molecule has 6 heteroatoms. The number of anilines is 2. The molecule has 2 saturated heterocycles. The number of para-hydroxylation sites is 2. The summed E-state index contributed by atoms with van der Waals surface area (Å²) in [7, 11) is 0. The first-order valence-electron chi connectivity index (χ1n) is 7.05. The Morgan fingerprint density at radius 2 is 1.62 bits per heavy atom. The van der Waals surface area contributed by atoms with Crippen LogP contribution in [0.2, 0.25) is 0 Å². The van der Waals surface area contributed by atoms with Crippen LogP contribution in [0.1, 0.15) is 20.8 Å². The van der Waals surface area contributed by atoms with E-state index in [1.807, 2.05) is 23.5 Å². The van der Waals surface area contributed by atoms with Gasteiger partial charge in [0.2, 0.25) is 0 Å². The Bertz CT molecular complexity index is 593. The number of rotatable bonds is 2. The van der Waals surface area contributed by atoms with E-state index in [9.17, 15) is 0 Å². The Morgan fingerprint density at radius 1 is 1.00 bits per heavy atom. The van der Waals surface area contributed by atoms with E-state index in [0.29, 0.717) is 17.3 Å². The normalized spacial score (nSPS) is 29.6. The molecule has 0 bridgehead atoms. The number of nitrogens with zero attached hydrogens (tertiary/aromatic N) is 2. The quantitative estimate of drug-likeness (QED) is 0.642. The zero-order chi connectivity index (χ0) is 15.1. The molecule has 1 aromatic carbocycles. The molecular formula is C15H18N2S2Se2. The van der Waals surface area contributed by atoms with Crippen LogP contribution in [0, 0.1) is 0 Å². The molecule has 0 aliphatic carbocycles. The van der Waals surface area contributed by atoms with E-state index >= 15 is 0 Å². The molecule has 2 nitrogen and oxygen atoms in total. The Labute approximate surface area is 151 Å². The zero-order valence-electron chi connectivity index (χ0n) is 12.3. The number of hydrogen-bond acceptors (Lipinski definition) is 4. The van der Waals surface area contributed by atoms with Crippen molar-refractivity contribution in [3.05, 3.63) is 24.3 Å². The summed E-state index contributed by atoms with van der Waals surface area (Å²) in [5, 5.41) is 0.608. The molecule has 0 saturated carbocycles. The second-order valence-corrected chi connectivity index (χ2v) is 10.6. The van der Waals surface area contributed by atoms with Crippen molar-refractivity contribution >= 4 is 73.8 Å². The van der Waals surface area contributed by atoms with Crippen molar-refractivity contribution in [1.29, 1.82) is 0 Å². The fourth-order valence-corrected chi connectivity index (χ4v) is 7.22. The zero-order valence-corrected chi connectivity index (χ0v) is 17.3. The molecule has 3 atom stereocenters. The van der Waals surface area contributed by atoms with E-state index in [2.05, 4.69) is 86.0 Å². The molecule has 112 valence electrons. The van der Waals surface area contributed by atoms with E-state index in [-0.39, 0.29) is 0 Å². The molecule has 1 aromatic rings. The maximum atomic E-state index is 3.26. The second-order valence-electron chi connectivity index (χ2n) is 5.48. The van der Waals surface area contributed by atoms with Crippen LogP contribution in [-0.2, 0) is 0 Å². The summed E-state index contributed by atoms with van der Waals surface area (Å²) in [6.45, 7) is 6.90. The van der Waals surface area contributed by atoms with E-state index in [0.717, 1.165) is 5.75 Å². The van der Waals surface area contributed by atoms with Crippen molar-refractivity contribution in [1.82, 2.24) is 0 Å². The third kappa shape index (κ3) is 2.91. The topological polar surface area (TPSA) is 6.48 Å². The van der Waals surface area contributed by atoms with Gasteiger partial charge < -0.3 is 0 Å². The van der Waals surface area contributed by atoms with Crippen molar-refractivity contribution in [2.75, 3.05) is 15.6 Å². The summed E-state index contributed by atoms with van der Waals surface area (Å²) in [4.78, 5) is 4.89. The standard InChI is InChI=1S/C15H18N2S2Se2/c1-9-8-18-14(20)16(9)12-6-4-5-7-13(12)17-10(2)11(3)19-15(17)21/h4-7,9-11H,8H2,1-3H3. The van der Waals surface area contributed by atoms with Crippen LogP contribution in [0.4, 0.5) is 11.4 Å². The molecule has 2 heterocycles. The van der Waals surface area contributed by atoms with Gasteiger partial charge in [0.1, 0.15) is 0 Å². The minimum absolute atomic E-state index is 0.502. The van der Waals surface area contributed by atoms with Gasteiger partial charge in [0.05, 0.1) is 0 Å². The molecule has 2 aliphatic rings. The average Bonchev–Trinajstić information content (AvgIpc) is 2.90. The van der Waals surface area contributed by atoms with Crippen LogP contribution in [0.5, 0.6) is 0 Å². The molecule has 0 spiro atoms. The summed E-state index contributed by atoms with van der Waals surface area (Å²) in [5.74, 6) is 1.15. The van der Waals surface area contributed by atoms with Gasteiger partial charge in [-0.2, -0.15) is 0 Å². The van der Waals surface area contributed by atoms with Crippen molar-refractivity contribution in [2.24, 2.45) is 0 Å². The van der Waals surface area contributed by atoms with Crippen LogP contribution in [-0.4, -0.2) is 62.0 Å². The molecule has 0 N–H and O–H groups in total. The molecular weight excluding hydrogens is 430 g/mol. The van der Waals surface area contributed by atoms with E-state index in [4.69, 9.17) is 0 Å². The fraction of sp³-hybridized carbons (Fsp3) is 0.467. The third-order valence-corrected chi connectivity index (χ3v) is 8.49. The van der Waals surface area contributed by atoms with Gasteiger partial charge in [-0.3, -0.25) is 0 Å². The average molecular weight is 448 g/mol. The summed E-state index contributed by atoms with van der Waals surface area (Å²) in [6, 6.07) is 9.78. The van der Waals surface area contributed by atoms with Crippen molar-refractivity contribution < 1.29 is 0 Å². The van der Waals surface area contributed by atoms with Gasteiger partial charge in [-0.25, -0.2) is 0 Å². The Morgan fingerprint density at radius 3 is 2.10 bits per heavy atom. The first-order valence-corrected chi connectivity index (χ1v) is 10.6. The van der Waals surface area contributed by atoms with Gasteiger partial charge in [0, 0.05) is 0 Å². The van der Waals surface area contributed by atoms with Crippen LogP contribution >= 0.6 is 23.5 Å². The van der Waals surface area contributed by atoms with Crippen LogP contribution in [0.25, 0.3) is 0 Å². The molecule has 2 aliphatic heterocycles.